The maximum absolute atomic E-state index is 13.0. The number of nitrogens with zero attached hydrogens (tertiary/aromatic N) is 2. The lowest BCUT2D eigenvalue weighted by Gasteiger charge is -2.34. The number of hydrogen-bond acceptors (Lipinski definition) is 3. The summed E-state index contributed by atoms with van der Waals surface area (Å²) in [6.45, 7) is 3.68. The van der Waals surface area contributed by atoms with E-state index < -0.39 is 0 Å². The lowest BCUT2D eigenvalue weighted by Crippen LogP contribution is -2.47. The van der Waals surface area contributed by atoms with Crippen LogP contribution in [0.2, 0.25) is 5.02 Å². The number of hydrogen-bond donors (Lipinski definition) is 1. The normalized spacial score (nSPS) is 15.5. The van der Waals surface area contributed by atoms with Gasteiger partial charge in [0.05, 0.1) is 0 Å². The van der Waals surface area contributed by atoms with Gasteiger partial charge in [-0.3, -0.25) is 9.69 Å². The maximum Gasteiger partial charge on any atom is 0.246 e. The molecule has 0 aliphatic carbocycles. The molecule has 4 nitrogen and oxygen atoms in total. The molecule has 6 heteroatoms. The number of amides is 1. The molecule has 2 aromatic carbocycles. The smallest absolute Gasteiger partial charge is 0.246 e. The quantitative estimate of drug-likeness (QED) is 0.660. The first-order chi connectivity index (χ1) is 12.5. The van der Waals surface area contributed by atoms with Gasteiger partial charge in [0.15, 0.2) is 0 Å². The Morgan fingerprint density at radius 3 is 2.46 bits per heavy atom. The van der Waals surface area contributed by atoms with Gasteiger partial charge in [-0.25, -0.2) is 4.39 Å². The van der Waals surface area contributed by atoms with E-state index in [-0.39, 0.29) is 11.7 Å². The number of benzene rings is 2. The molecule has 1 heterocycles. The Kier molecular flexibility index (Phi) is 5.91. The van der Waals surface area contributed by atoms with E-state index in [1.54, 1.807) is 42.5 Å². The number of nitrogen functional groups attached to an aromatic ring is 1. The van der Waals surface area contributed by atoms with Crippen molar-refractivity contribution in [2.75, 3.05) is 31.9 Å². The molecule has 26 heavy (non-hydrogen) atoms. The van der Waals surface area contributed by atoms with Crippen LogP contribution in [-0.2, 0) is 11.3 Å². The number of anilines is 1. The van der Waals surface area contributed by atoms with Crippen LogP contribution in [0.5, 0.6) is 0 Å². The summed E-state index contributed by atoms with van der Waals surface area (Å²) in [5.41, 5.74) is 8.29. The second-order valence-corrected chi connectivity index (χ2v) is 6.77. The molecule has 1 fully saturated rings. The zero-order chi connectivity index (χ0) is 18.5. The first-order valence-electron chi connectivity index (χ1n) is 8.50. The Morgan fingerprint density at radius 2 is 1.81 bits per heavy atom. The number of carbonyl (C=O) groups excluding carboxylic acids is 1. The lowest BCUT2D eigenvalue weighted by molar-refractivity contribution is -0.127. The van der Waals surface area contributed by atoms with Gasteiger partial charge in [-0.15, -0.1) is 0 Å². The topological polar surface area (TPSA) is 49.6 Å². The second kappa shape index (κ2) is 8.34. The average Bonchev–Trinajstić information content (AvgIpc) is 2.63. The van der Waals surface area contributed by atoms with Gasteiger partial charge in [-0.2, -0.15) is 0 Å². The molecule has 2 N–H and O–H groups in total. The summed E-state index contributed by atoms with van der Waals surface area (Å²) in [6.07, 6.45) is 3.27. The van der Waals surface area contributed by atoms with Crippen molar-refractivity contribution in [1.82, 2.24) is 9.80 Å². The van der Waals surface area contributed by atoms with Crippen molar-refractivity contribution in [3.63, 3.8) is 0 Å². The minimum atomic E-state index is -0.225. The van der Waals surface area contributed by atoms with E-state index >= 15 is 0 Å². The molecule has 2 aromatic rings. The van der Waals surface area contributed by atoms with Gasteiger partial charge in [0.2, 0.25) is 5.91 Å². The van der Waals surface area contributed by atoms with Crippen molar-refractivity contribution >= 4 is 29.3 Å². The van der Waals surface area contributed by atoms with Crippen molar-refractivity contribution in [2.24, 2.45) is 0 Å². The minimum Gasteiger partial charge on any atom is -0.398 e. The summed E-state index contributed by atoms with van der Waals surface area (Å²) in [6, 6.07) is 11.8. The molecule has 0 saturated carbocycles. The van der Waals surface area contributed by atoms with Crippen LogP contribution in [0.25, 0.3) is 6.08 Å². The first-order valence-corrected chi connectivity index (χ1v) is 8.88. The summed E-state index contributed by atoms with van der Waals surface area (Å²) in [4.78, 5) is 16.4. The lowest BCUT2D eigenvalue weighted by atomic mass is 10.1. The van der Waals surface area contributed by atoms with Gasteiger partial charge < -0.3 is 10.6 Å². The van der Waals surface area contributed by atoms with Crippen LogP contribution in [0.3, 0.4) is 0 Å². The third-order valence-corrected chi connectivity index (χ3v) is 4.69. The van der Waals surface area contributed by atoms with Crippen molar-refractivity contribution in [1.29, 1.82) is 0 Å². The van der Waals surface area contributed by atoms with E-state index in [1.165, 1.54) is 12.1 Å². The molecule has 0 atom stereocenters. The highest BCUT2D eigenvalue weighted by Crippen LogP contribution is 2.19. The molecule has 0 bridgehead atoms. The Hall–Kier alpha value is -2.37. The summed E-state index contributed by atoms with van der Waals surface area (Å²) in [7, 11) is 0. The molecule has 136 valence electrons. The number of nitrogens with two attached hydrogens (primary N) is 1. The monoisotopic (exact) mass is 373 g/mol. The van der Waals surface area contributed by atoms with Gasteiger partial charge in [-0.1, -0.05) is 29.8 Å². The predicted octanol–water partition coefficient (Wildman–Crippen LogP) is 3.42. The van der Waals surface area contributed by atoms with Crippen molar-refractivity contribution in [3.8, 4) is 0 Å². The molecule has 1 saturated heterocycles. The Balaban J connectivity index is 1.51. The second-order valence-electron chi connectivity index (χ2n) is 6.33. The van der Waals surface area contributed by atoms with Crippen molar-refractivity contribution in [2.45, 2.75) is 6.54 Å². The Bertz CT molecular complexity index is 799. The maximum atomic E-state index is 13.0. The SMILES string of the molecule is Nc1cc(Cl)ccc1/C=C/C(=O)N1CCN(Cc2ccc(F)cc2)CC1. The summed E-state index contributed by atoms with van der Waals surface area (Å²) < 4.78 is 13.0. The highest BCUT2D eigenvalue weighted by Gasteiger charge is 2.19. The third kappa shape index (κ3) is 4.84. The highest BCUT2D eigenvalue weighted by molar-refractivity contribution is 6.30. The third-order valence-electron chi connectivity index (χ3n) is 4.46. The van der Waals surface area contributed by atoms with Crippen LogP contribution in [-0.4, -0.2) is 41.9 Å². The molecule has 0 radical (unpaired) electrons. The number of halogens is 2. The summed E-state index contributed by atoms with van der Waals surface area (Å²) in [5, 5.41) is 0.572. The van der Waals surface area contributed by atoms with Crippen LogP contribution < -0.4 is 5.73 Å². The molecule has 0 spiro atoms. The van der Waals surface area contributed by atoms with Crippen LogP contribution in [0.1, 0.15) is 11.1 Å². The van der Waals surface area contributed by atoms with Crippen molar-refractivity contribution in [3.05, 3.63) is 70.5 Å². The van der Waals surface area contributed by atoms with E-state index in [0.717, 1.165) is 30.8 Å². The molecule has 0 unspecified atom stereocenters. The number of carbonyl (C=O) groups is 1. The van der Waals surface area contributed by atoms with Gasteiger partial charge in [0.25, 0.3) is 0 Å². The number of piperazine rings is 1. The predicted molar refractivity (Wildman–Crippen MR) is 103 cm³/mol. The molecule has 3 rings (SSSR count). The Labute approximate surface area is 157 Å². The molecular weight excluding hydrogens is 353 g/mol. The van der Waals surface area contributed by atoms with Crippen LogP contribution in [0.4, 0.5) is 10.1 Å². The fraction of sp³-hybridized carbons (Fsp3) is 0.250. The van der Waals surface area contributed by atoms with E-state index in [4.69, 9.17) is 17.3 Å². The van der Waals surface area contributed by atoms with Crippen molar-refractivity contribution < 1.29 is 9.18 Å². The molecule has 0 aromatic heterocycles. The highest BCUT2D eigenvalue weighted by atomic mass is 35.5. The van der Waals surface area contributed by atoms with Crippen LogP contribution in [0, 0.1) is 5.82 Å². The summed E-state index contributed by atoms with van der Waals surface area (Å²) >= 11 is 5.88. The average molecular weight is 374 g/mol. The van der Waals surface area contributed by atoms with Gasteiger partial charge in [-0.05, 0) is 41.5 Å². The fourth-order valence-corrected chi connectivity index (χ4v) is 3.12. The van der Waals surface area contributed by atoms with Crippen LogP contribution >= 0.6 is 11.6 Å². The standard InChI is InChI=1S/C20H21ClFN3O/c21-17-5-3-16(19(23)13-17)4-8-20(26)25-11-9-24(10-12-25)14-15-1-6-18(22)7-2-15/h1-8,13H,9-12,14,23H2/b8-4+. The first kappa shape index (κ1) is 18.4. The van der Waals surface area contributed by atoms with Crippen LogP contribution in [0.15, 0.2) is 48.5 Å². The van der Waals surface area contributed by atoms with E-state index in [2.05, 4.69) is 4.90 Å². The Morgan fingerprint density at radius 1 is 1.12 bits per heavy atom. The van der Waals surface area contributed by atoms with E-state index in [9.17, 15) is 9.18 Å². The minimum absolute atomic E-state index is 0.0271. The van der Waals surface area contributed by atoms with Gasteiger partial charge in [0.1, 0.15) is 5.82 Å². The van der Waals surface area contributed by atoms with E-state index in [1.807, 2.05) is 4.90 Å². The molecule has 1 aliphatic rings. The largest absolute Gasteiger partial charge is 0.398 e. The molecule has 1 aliphatic heterocycles. The zero-order valence-electron chi connectivity index (χ0n) is 14.4. The van der Waals surface area contributed by atoms with Gasteiger partial charge in [0, 0.05) is 49.5 Å². The van der Waals surface area contributed by atoms with E-state index in [0.29, 0.717) is 23.8 Å². The zero-order valence-corrected chi connectivity index (χ0v) is 15.1. The van der Waals surface area contributed by atoms with Gasteiger partial charge >= 0.3 is 0 Å². The fourth-order valence-electron chi connectivity index (χ4n) is 2.94. The number of rotatable bonds is 4. The molecule has 1 amide bonds. The molecular formula is C20H21ClFN3O. The summed E-state index contributed by atoms with van der Waals surface area (Å²) in [5.74, 6) is -0.252.